The topological polar surface area (TPSA) is 66.6 Å². The molecule has 0 unspecified atom stereocenters. The summed E-state index contributed by atoms with van der Waals surface area (Å²) < 4.78 is 21.4. The third-order valence-electron chi connectivity index (χ3n) is 2.34. The predicted octanol–water partition coefficient (Wildman–Crippen LogP) is 2.37. The number of rotatable bonds is 4. The van der Waals surface area contributed by atoms with Crippen molar-refractivity contribution in [2.24, 2.45) is 0 Å². The van der Waals surface area contributed by atoms with E-state index in [9.17, 15) is 0 Å². The summed E-state index contributed by atoms with van der Waals surface area (Å²) in [5, 5.41) is 3.74. The first-order valence-corrected chi connectivity index (χ1v) is 6.07. The van der Waals surface area contributed by atoms with Gasteiger partial charge in [0.25, 0.3) is 5.89 Å². The van der Waals surface area contributed by atoms with Crippen LogP contribution in [-0.4, -0.2) is 31.5 Å². The second-order valence-corrected chi connectivity index (χ2v) is 4.24. The van der Waals surface area contributed by atoms with Crippen LogP contribution in [0.3, 0.4) is 0 Å². The van der Waals surface area contributed by atoms with Gasteiger partial charge in [-0.25, -0.2) is 0 Å². The molecule has 0 amide bonds. The zero-order valence-corrected chi connectivity index (χ0v) is 12.2. The normalized spacial score (nSPS) is 10.2. The standard InChI is InChI=1S/C11H11IN2O4/c1-15-7-5-9(17-3)8(16-2)4-6(7)10-13-11(12)14-18-10/h4-5H,1-3H3. The summed E-state index contributed by atoms with van der Waals surface area (Å²) in [6, 6.07) is 3.45. The van der Waals surface area contributed by atoms with Crippen LogP contribution < -0.4 is 14.2 Å². The molecule has 18 heavy (non-hydrogen) atoms. The lowest BCUT2D eigenvalue weighted by Crippen LogP contribution is -1.95. The number of ether oxygens (including phenoxy) is 3. The van der Waals surface area contributed by atoms with Crippen LogP contribution in [-0.2, 0) is 0 Å². The Morgan fingerprint density at radius 2 is 1.61 bits per heavy atom. The highest BCUT2D eigenvalue weighted by atomic mass is 127. The Morgan fingerprint density at radius 3 is 2.11 bits per heavy atom. The molecule has 0 saturated carbocycles. The number of methoxy groups -OCH3 is 3. The Bertz CT molecular complexity index is 556. The number of benzene rings is 1. The van der Waals surface area contributed by atoms with Gasteiger partial charge in [0.15, 0.2) is 11.5 Å². The minimum Gasteiger partial charge on any atom is -0.496 e. The van der Waals surface area contributed by atoms with Crippen LogP contribution in [0.5, 0.6) is 17.2 Å². The number of hydrogen-bond donors (Lipinski definition) is 0. The van der Waals surface area contributed by atoms with Gasteiger partial charge in [0.05, 0.1) is 26.9 Å². The monoisotopic (exact) mass is 362 g/mol. The van der Waals surface area contributed by atoms with Crippen molar-refractivity contribution in [3.63, 3.8) is 0 Å². The fourth-order valence-electron chi connectivity index (χ4n) is 1.51. The van der Waals surface area contributed by atoms with Gasteiger partial charge in [0, 0.05) is 34.7 Å². The highest BCUT2D eigenvalue weighted by molar-refractivity contribution is 14.1. The minimum absolute atomic E-state index is 0.372. The molecule has 2 rings (SSSR count). The molecule has 0 aliphatic heterocycles. The third-order valence-corrected chi connectivity index (χ3v) is 2.78. The highest BCUT2D eigenvalue weighted by Gasteiger charge is 2.17. The van der Waals surface area contributed by atoms with Crippen molar-refractivity contribution in [1.82, 2.24) is 10.1 Å². The molecule has 96 valence electrons. The van der Waals surface area contributed by atoms with Gasteiger partial charge in [-0.15, -0.1) is 0 Å². The number of hydrogen-bond acceptors (Lipinski definition) is 6. The van der Waals surface area contributed by atoms with E-state index in [4.69, 9.17) is 18.7 Å². The fourth-order valence-corrected chi connectivity index (χ4v) is 1.83. The van der Waals surface area contributed by atoms with Gasteiger partial charge in [-0.05, 0) is 0 Å². The van der Waals surface area contributed by atoms with Crippen molar-refractivity contribution in [3.8, 4) is 28.7 Å². The molecule has 6 nitrogen and oxygen atoms in total. The molecular formula is C11H11IN2O4. The maximum atomic E-state index is 5.29. The Kier molecular flexibility index (Phi) is 3.90. The Labute approximate surface area is 117 Å². The van der Waals surface area contributed by atoms with E-state index in [2.05, 4.69) is 10.1 Å². The first-order valence-electron chi connectivity index (χ1n) is 4.99. The molecular weight excluding hydrogens is 351 g/mol. The number of aromatic nitrogens is 2. The lowest BCUT2D eigenvalue weighted by molar-refractivity contribution is 0.348. The van der Waals surface area contributed by atoms with Crippen LogP contribution in [0.2, 0.25) is 0 Å². The SMILES string of the molecule is COc1cc(OC)c(-c2nc(I)no2)cc1OC. The molecule has 1 aromatic carbocycles. The molecule has 0 atom stereocenters. The first-order chi connectivity index (χ1) is 8.69. The van der Waals surface area contributed by atoms with Crippen LogP contribution in [0.15, 0.2) is 16.7 Å². The summed E-state index contributed by atoms with van der Waals surface area (Å²) in [4.78, 5) is 4.15. The van der Waals surface area contributed by atoms with Crippen molar-refractivity contribution < 1.29 is 18.7 Å². The van der Waals surface area contributed by atoms with Crippen molar-refractivity contribution in [1.29, 1.82) is 0 Å². The smallest absolute Gasteiger partial charge is 0.262 e. The average Bonchev–Trinajstić information content (AvgIpc) is 2.83. The lowest BCUT2D eigenvalue weighted by Gasteiger charge is -2.11. The highest BCUT2D eigenvalue weighted by Crippen LogP contribution is 2.39. The van der Waals surface area contributed by atoms with E-state index in [1.165, 1.54) is 0 Å². The lowest BCUT2D eigenvalue weighted by atomic mass is 10.1. The van der Waals surface area contributed by atoms with Crippen LogP contribution >= 0.6 is 22.6 Å². The molecule has 2 aromatic rings. The largest absolute Gasteiger partial charge is 0.496 e. The van der Waals surface area contributed by atoms with E-state index < -0.39 is 0 Å². The maximum absolute atomic E-state index is 5.29. The molecule has 0 N–H and O–H groups in total. The Morgan fingerprint density at radius 1 is 1.00 bits per heavy atom. The maximum Gasteiger partial charge on any atom is 0.262 e. The molecule has 0 spiro atoms. The van der Waals surface area contributed by atoms with E-state index in [1.807, 2.05) is 22.6 Å². The Hall–Kier alpha value is -1.51. The fraction of sp³-hybridized carbons (Fsp3) is 0.273. The minimum atomic E-state index is 0.372. The molecule has 1 aromatic heterocycles. The second kappa shape index (κ2) is 5.42. The van der Waals surface area contributed by atoms with Crippen LogP contribution in [0.1, 0.15) is 0 Å². The van der Waals surface area contributed by atoms with Gasteiger partial charge in [0.1, 0.15) is 5.75 Å². The third kappa shape index (κ3) is 2.35. The van der Waals surface area contributed by atoms with Gasteiger partial charge >= 0.3 is 0 Å². The summed E-state index contributed by atoms with van der Waals surface area (Å²) in [5.41, 5.74) is 0.658. The average molecular weight is 362 g/mol. The summed E-state index contributed by atoms with van der Waals surface area (Å²) in [5.74, 6) is 2.10. The van der Waals surface area contributed by atoms with Gasteiger partial charge < -0.3 is 18.7 Å². The van der Waals surface area contributed by atoms with Crippen molar-refractivity contribution >= 4 is 22.6 Å². The van der Waals surface area contributed by atoms with Gasteiger partial charge in [-0.2, -0.15) is 4.98 Å². The van der Waals surface area contributed by atoms with Crippen molar-refractivity contribution in [2.75, 3.05) is 21.3 Å². The Balaban J connectivity index is 2.58. The summed E-state index contributed by atoms with van der Waals surface area (Å²) >= 11 is 1.97. The van der Waals surface area contributed by atoms with E-state index in [0.717, 1.165) is 0 Å². The van der Waals surface area contributed by atoms with E-state index >= 15 is 0 Å². The molecule has 0 aliphatic rings. The van der Waals surface area contributed by atoms with Crippen molar-refractivity contribution in [2.45, 2.75) is 0 Å². The van der Waals surface area contributed by atoms with E-state index in [0.29, 0.717) is 32.5 Å². The van der Waals surface area contributed by atoms with Gasteiger partial charge in [-0.1, -0.05) is 5.16 Å². The molecule has 0 bridgehead atoms. The second-order valence-electron chi connectivity index (χ2n) is 3.28. The molecule has 0 fully saturated rings. The van der Waals surface area contributed by atoms with E-state index in [1.54, 1.807) is 33.5 Å². The summed E-state index contributed by atoms with van der Waals surface area (Å²) in [7, 11) is 4.68. The van der Waals surface area contributed by atoms with E-state index in [-0.39, 0.29) is 0 Å². The summed E-state index contributed by atoms with van der Waals surface area (Å²) in [6.07, 6.45) is 0. The molecule has 0 aliphatic carbocycles. The molecule has 0 radical (unpaired) electrons. The first kappa shape index (κ1) is 12.9. The molecule has 7 heteroatoms. The van der Waals surface area contributed by atoms with Gasteiger partial charge in [0.2, 0.25) is 3.83 Å². The number of halogens is 1. The van der Waals surface area contributed by atoms with Crippen LogP contribution in [0.25, 0.3) is 11.5 Å². The zero-order chi connectivity index (χ0) is 13.1. The predicted molar refractivity (Wildman–Crippen MR) is 72.1 cm³/mol. The molecule has 0 saturated heterocycles. The van der Waals surface area contributed by atoms with Crippen LogP contribution in [0, 0.1) is 3.83 Å². The van der Waals surface area contributed by atoms with Crippen molar-refractivity contribution in [3.05, 3.63) is 16.0 Å². The quantitative estimate of drug-likeness (QED) is 0.778. The molecule has 1 heterocycles. The van der Waals surface area contributed by atoms with Gasteiger partial charge in [-0.3, -0.25) is 0 Å². The van der Waals surface area contributed by atoms with Crippen LogP contribution in [0.4, 0.5) is 0 Å². The summed E-state index contributed by atoms with van der Waals surface area (Å²) in [6.45, 7) is 0. The number of nitrogens with zero attached hydrogens (tertiary/aromatic N) is 2. The zero-order valence-electron chi connectivity index (χ0n) is 10.1.